The monoisotopic (exact) mass is 296 g/mol. The largest absolute Gasteiger partial charge is 0.339 e. The number of amides is 2. The molecule has 0 aromatic carbocycles. The number of carbonyl (C=O) groups is 2. The predicted molar refractivity (Wildman–Crippen MR) is 80.6 cm³/mol. The normalized spacial score (nSPS) is 23.6. The van der Waals surface area contributed by atoms with E-state index in [0.29, 0.717) is 17.6 Å². The highest BCUT2D eigenvalue weighted by atomic mass is 32.2. The molecule has 0 radical (unpaired) electrons. The van der Waals surface area contributed by atoms with Crippen LogP contribution in [-0.4, -0.2) is 59.3 Å². The van der Waals surface area contributed by atoms with E-state index in [2.05, 4.69) is 0 Å². The van der Waals surface area contributed by atoms with E-state index in [4.69, 9.17) is 0 Å². The second-order valence-corrected chi connectivity index (χ2v) is 7.32. The molecule has 4 nitrogen and oxygen atoms in total. The molecule has 20 heavy (non-hydrogen) atoms. The van der Waals surface area contributed by atoms with E-state index >= 15 is 0 Å². The van der Waals surface area contributed by atoms with Gasteiger partial charge in [0.25, 0.3) is 0 Å². The molecule has 0 bridgehead atoms. The summed E-state index contributed by atoms with van der Waals surface area (Å²) in [4.78, 5) is 27.9. The maximum atomic E-state index is 12.1. The SMILES string of the molecule is O=C(CSCC1CCC1)N1CCN(C(=O)C2CC2)CC1. The lowest BCUT2D eigenvalue weighted by Crippen LogP contribution is -2.51. The number of hydrogen-bond acceptors (Lipinski definition) is 3. The highest BCUT2D eigenvalue weighted by Crippen LogP contribution is 2.31. The van der Waals surface area contributed by atoms with Gasteiger partial charge in [0.1, 0.15) is 0 Å². The van der Waals surface area contributed by atoms with Gasteiger partial charge in [-0.25, -0.2) is 0 Å². The maximum Gasteiger partial charge on any atom is 0.232 e. The van der Waals surface area contributed by atoms with Crippen molar-refractivity contribution in [1.82, 2.24) is 9.80 Å². The molecule has 5 heteroatoms. The summed E-state index contributed by atoms with van der Waals surface area (Å²) in [6, 6.07) is 0. The van der Waals surface area contributed by atoms with Gasteiger partial charge >= 0.3 is 0 Å². The zero-order chi connectivity index (χ0) is 13.9. The second kappa shape index (κ2) is 6.37. The molecule has 2 amide bonds. The van der Waals surface area contributed by atoms with Crippen molar-refractivity contribution in [3.05, 3.63) is 0 Å². The Morgan fingerprint density at radius 2 is 1.60 bits per heavy atom. The molecule has 0 N–H and O–H groups in total. The average molecular weight is 296 g/mol. The van der Waals surface area contributed by atoms with Crippen molar-refractivity contribution in [2.75, 3.05) is 37.7 Å². The van der Waals surface area contributed by atoms with E-state index in [1.807, 2.05) is 9.80 Å². The summed E-state index contributed by atoms with van der Waals surface area (Å²) < 4.78 is 0. The lowest BCUT2D eigenvalue weighted by molar-refractivity contribution is -0.139. The third-order valence-corrected chi connectivity index (χ3v) is 5.83. The van der Waals surface area contributed by atoms with Crippen LogP contribution in [0.5, 0.6) is 0 Å². The summed E-state index contributed by atoms with van der Waals surface area (Å²) in [6.45, 7) is 2.91. The van der Waals surface area contributed by atoms with Crippen molar-refractivity contribution in [3.8, 4) is 0 Å². The molecule has 0 unspecified atom stereocenters. The minimum atomic E-state index is 0.257. The first kappa shape index (κ1) is 14.2. The fourth-order valence-electron chi connectivity index (χ4n) is 2.83. The molecule has 1 saturated heterocycles. The van der Waals surface area contributed by atoms with Crippen LogP contribution in [0.4, 0.5) is 0 Å². The molecule has 1 heterocycles. The number of rotatable bonds is 5. The van der Waals surface area contributed by atoms with Crippen molar-refractivity contribution in [1.29, 1.82) is 0 Å². The Labute approximate surface area is 125 Å². The average Bonchev–Trinajstić information content (AvgIpc) is 3.25. The molecule has 3 rings (SSSR count). The molecule has 0 atom stereocenters. The summed E-state index contributed by atoms with van der Waals surface area (Å²) in [7, 11) is 0. The van der Waals surface area contributed by atoms with Crippen molar-refractivity contribution in [3.63, 3.8) is 0 Å². The van der Waals surface area contributed by atoms with Crippen molar-refractivity contribution < 1.29 is 9.59 Å². The van der Waals surface area contributed by atoms with Gasteiger partial charge in [0.15, 0.2) is 0 Å². The number of carbonyl (C=O) groups excluding carboxylic acids is 2. The summed E-state index contributed by atoms with van der Waals surface area (Å²) >= 11 is 1.79. The van der Waals surface area contributed by atoms with Crippen LogP contribution in [0.3, 0.4) is 0 Å². The van der Waals surface area contributed by atoms with Gasteiger partial charge in [0.05, 0.1) is 5.75 Å². The van der Waals surface area contributed by atoms with Crippen molar-refractivity contribution >= 4 is 23.6 Å². The Kier molecular flexibility index (Phi) is 4.54. The van der Waals surface area contributed by atoms with E-state index in [-0.39, 0.29) is 5.91 Å². The highest BCUT2D eigenvalue weighted by molar-refractivity contribution is 7.99. The third kappa shape index (κ3) is 3.48. The minimum absolute atomic E-state index is 0.257. The molecule has 112 valence electrons. The van der Waals surface area contributed by atoms with Gasteiger partial charge in [0, 0.05) is 32.1 Å². The number of hydrogen-bond donors (Lipinski definition) is 0. The fourth-order valence-corrected chi connectivity index (χ4v) is 3.97. The van der Waals surface area contributed by atoms with E-state index < -0.39 is 0 Å². The van der Waals surface area contributed by atoms with Crippen LogP contribution in [-0.2, 0) is 9.59 Å². The standard InChI is InChI=1S/C15H24N2O2S/c18-14(11-20-10-12-2-1-3-12)16-6-8-17(9-7-16)15(19)13-4-5-13/h12-13H,1-11H2. The smallest absolute Gasteiger partial charge is 0.232 e. The minimum Gasteiger partial charge on any atom is -0.339 e. The van der Waals surface area contributed by atoms with Gasteiger partial charge < -0.3 is 9.80 Å². The first-order valence-corrected chi connectivity index (χ1v) is 9.04. The summed E-state index contributed by atoms with van der Waals surface area (Å²) in [5.41, 5.74) is 0. The molecule has 0 spiro atoms. The lowest BCUT2D eigenvalue weighted by atomic mass is 9.87. The Balaban J connectivity index is 1.34. The first-order valence-electron chi connectivity index (χ1n) is 7.88. The Hall–Kier alpha value is -0.710. The molecular weight excluding hydrogens is 272 g/mol. The topological polar surface area (TPSA) is 40.6 Å². The molecule has 1 aliphatic heterocycles. The van der Waals surface area contributed by atoms with Gasteiger partial charge in [-0.05, 0) is 37.4 Å². The Morgan fingerprint density at radius 1 is 0.950 bits per heavy atom. The number of nitrogens with zero attached hydrogens (tertiary/aromatic N) is 2. The highest BCUT2D eigenvalue weighted by Gasteiger charge is 2.35. The van der Waals surface area contributed by atoms with Crippen molar-refractivity contribution in [2.45, 2.75) is 32.1 Å². The molecule has 0 aromatic rings. The zero-order valence-electron chi connectivity index (χ0n) is 12.1. The van der Waals surface area contributed by atoms with Crippen LogP contribution in [0.15, 0.2) is 0 Å². The zero-order valence-corrected chi connectivity index (χ0v) is 12.9. The van der Waals surface area contributed by atoms with Crippen LogP contribution in [0.25, 0.3) is 0 Å². The summed E-state index contributed by atoms with van der Waals surface area (Å²) in [6.07, 6.45) is 6.20. The number of thioether (sulfide) groups is 1. The van der Waals surface area contributed by atoms with Crippen LogP contribution >= 0.6 is 11.8 Å². The van der Waals surface area contributed by atoms with Gasteiger partial charge in [0.2, 0.25) is 11.8 Å². The fraction of sp³-hybridized carbons (Fsp3) is 0.867. The van der Waals surface area contributed by atoms with Gasteiger partial charge in [-0.3, -0.25) is 9.59 Å². The Bertz CT molecular complexity index is 372. The van der Waals surface area contributed by atoms with E-state index in [0.717, 1.165) is 50.7 Å². The number of piperazine rings is 1. The lowest BCUT2D eigenvalue weighted by Gasteiger charge is -2.35. The molecule has 3 fully saturated rings. The van der Waals surface area contributed by atoms with Crippen molar-refractivity contribution in [2.24, 2.45) is 11.8 Å². The van der Waals surface area contributed by atoms with Crippen LogP contribution in [0.1, 0.15) is 32.1 Å². The molecule has 3 aliphatic rings. The van der Waals surface area contributed by atoms with Gasteiger partial charge in [-0.15, -0.1) is 0 Å². The van der Waals surface area contributed by atoms with E-state index in [1.54, 1.807) is 11.8 Å². The summed E-state index contributed by atoms with van der Waals surface area (Å²) in [5, 5.41) is 0. The maximum absolute atomic E-state index is 12.1. The Morgan fingerprint density at radius 3 is 2.15 bits per heavy atom. The summed E-state index contributed by atoms with van der Waals surface area (Å²) in [5.74, 6) is 3.50. The predicted octanol–water partition coefficient (Wildman–Crippen LogP) is 1.60. The van der Waals surface area contributed by atoms with Crippen LogP contribution < -0.4 is 0 Å². The quantitative estimate of drug-likeness (QED) is 0.774. The van der Waals surface area contributed by atoms with Crippen LogP contribution in [0.2, 0.25) is 0 Å². The van der Waals surface area contributed by atoms with Gasteiger partial charge in [-0.1, -0.05) is 6.42 Å². The first-order chi connectivity index (χ1) is 9.74. The molecule has 2 saturated carbocycles. The molecular formula is C15H24N2O2S. The van der Waals surface area contributed by atoms with E-state index in [1.165, 1.54) is 19.3 Å². The van der Waals surface area contributed by atoms with Gasteiger partial charge in [-0.2, -0.15) is 11.8 Å². The third-order valence-electron chi connectivity index (χ3n) is 4.67. The molecule has 0 aromatic heterocycles. The van der Waals surface area contributed by atoms with Crippen LogP contribution in [0, 0.1) is 11.8 Å². The molecule has 2 aliphatic carbocycles. The van der Waals surface area contributed by atoms with E-state index in [9.17, 15) is 9.59 Å². The second-order valence-electron chi connectivity index (χ2n) is 6.29.